The molecule has 0 saturated carbocycles. The molecule has 2 aromatic carbocycles. The zero-order valence-electron chi connectivity index (χ0n) is 17.4. The summed E-state index contributed by atoms with van der Waals surface area (Å²) in [6, 6.07) is 11.0. The Kier molecular flexibility index (Phi) is 6.30. The van der Waals surface area contributed by atoms with Gasteiger partial charge in [0.05, 0.1) is 25.0 Å². The third-order valence-electron chi connectivity index (χ3n) is 5.71. The standard InChI is InChI=1S/C24H25F2N3O2/c1-31-22-10-8-16(13-19(22)26)9-11-23(30)29-12-3-2-7-21(29)24-27-15-20(28-24)17-5-4-6-18(25)14-17/h4-6,8,10,13-15,21H,2-3,7,9,11-12H2,1H3,(H,27,28). The average molecular weight is 425 g/mol. The highest BCUT2D eigenvalue weighted by Crippen LogP contribution is 2.31. The van der Waals surface area contributed by atoms with Gasteiger partial charge in [-0.15, -0.1) is 0 Å². The first-order valence-electron chi connectivity index (χ1n) is 10.5. The Morgan fingerprint density at radius 2 is 2.10 bits per heavy atom. The van der Waals surface area contributed by atoms with E-state index in [1.54, 1.807) is 24.4 Å². The fourth-order valence-electron chi connectivity index (χ4n) is 4.08. The molecule has 31 heavy (non-hydrogen) atoms. The molecule has 1 saturated heterocycles. The molecule has 1 aliphatic heterocycles. The van der Waals surface area contributed by atoms with E-state index in [1.807, 2.05) is 11.0 Å². The molecule has 0 bridgehead atoms. The number of likely N-dealkylation sites (tertiary alicyclic amines) is 1. The Morgan fingerprint density at radius 3 is 2.87 bits per heavy atom. The predicted octanol–water partition coefficient (Wildman–Crippen LogP) is 5.05. The summed E-state index contributed by atoms with van der Waals surface area (Å²) in [4.78, 5) is 22.6. The van der Waals surface area contributed by atoms with E-state index in [0.717, 1.165) is 30.5 Å². The third kappa shape index (κ3) is 4.76. The first-order valence-corrected chi connectivity index (χ1v) is 10.5. The number of methoxy groups -OCH3 is 1. The summed E-state index contributed by atoms with van der Waals surface area (Å²) in [7, 11) is 1.42. The van der Waals surface area contributed by atoms with Gasteiger partial charge >= 0.3 is 0 Å². The molecule has 4 rings (SSSR count). The molecule has 3 aromatic rings. The number of aromatic nitrogens is 2. The van der Waals surface area contributed by atoms with E-state index >= 15 is 0 Å². The van der Waals surface area contributed by atoms with Gasteiger partial charge in [-0.05, 0) is 55.5 Å². The van der Waals surface area contributed by atoms with E-state index in [2.05, 4.69) is 9.97 Å². The number of rotatable bonds is 6. The highest BCUT2D eigenvalue weighted by Gasteiger charge is 2.29. The van der Waals surface area contributed by atoms with E-state index < -0.39 is 5.82 Å². The molecule has 1 amide bonds. The largest absolute Gasteiger partial charge is 0.494 e. The number of halogens is 2. The SMILES string of the molecule is COc1ccc(CCC(=O)N2CCCCC2c2ncc(-c3cccc(F)c3)[nH]2)cc1F. The van der Waals surface area contributed by atoms with Crippen LogP contribution in [0.15, 0.2) is 48.7 Å². The number of hydrogen-bond acceptors (Lipinski definition) is 3. The van der Waals surface area contributed by atoms with Crippen molar-refractivity contribution in [2.24, 2.45) is 0 Å². The van der Waals surface area contributed by atoms with E-state index in [9.17, 15) is 13.6 Å². The van der Waals surface area contributed by atoms with Crippen LogP contribution in [0.3, 0.4) is 0 Å². The van der Waals surface area contributed by atoms with E-state index in [4.69, 9.17) is 4.74 Å². The molecule has 162 valence electrons. The smallest absolute Gasteiger partial charge is 0.223 e. The van der Waals surface area contributed by atoms with E-state index in [0.29, 0.717) is 30.8 Å². The molecule has 7 heteroatoms. The molecular weight excluding hydrogens is 400 g/mol. The van der Waals surface area contributed by atoms with Crippen molar-refractivity contribution >= 4 is 5.91 Å². The number of aromatic amines is 1. The highest BCUT2D eigenvalue weighted by atomic mass is 19.1. The minimum Gasteiger partial charge on any atom is -0.494 e. The van der Waals surface area contributed by atoms with Gasteiger partial charge in [-0.2, -0.15) is 0 Å². The number of ether oxygens (including phenoxy) is 1. The van der Waals surface area contributed by atoms with Gasteiger partial charge < -0.3 is 14.6 Å². The second kappa shape index (κ2) is 9.29. The molecular formula is C24H25F2N3O2. The number of imidazole rings is 1. The van der Waals surface area contributed by atoms with Crippen LogP contribution in [0.1, 0.15) is 43.1 Å². The lowest BCUT2D eigenvalue weighted by Gasteiger charge is -2.34. The number of carbonyl (C=O) groups excluding carboxylic acids is 1. The summed E-state index contributed by atoms with van der Waals surface area (Å²) in [6.07, 6.45) is 5.20. The van der Waals surface area contributed by atoms with Crippen LogP contribution >= 0.6 is 0 Å². The Balaban J connectivity index is 1.46. The van der Waals surface area contributed by atoms with Crippen LogP contribution < -0.4 is 4.74 Å². The van der Waals surface area contributed by atoms with Crippen molar-refractivity contribution in [1.82, 2.24) is 14.9 Å². The summed E-state index contributed by atoms with van der Waals surface area (Å²) in [5, 5.41) is 0. The molecule has 2 heterocycles. The second-order valence-electron chi connectivity index (χ2n) is 7.76. The molecule has 1 aromatic heterocycles. The number of amides is 1. The number of carbonyl (C=O) groups is 1. The van der Waals surface area contributed by atoms with Gasteiger partial charge in [0.25, 0.3) is 0 Å². The van der Waals surface area contributed by atoms with E-state index in [1.165, 1.54) is 25.3 Å². The van der Waals surface area contributed by atoms with Crippen LogP contribution in [0, 0.1) is 11.6 Å². The van der Waals surface area contributed by atoms with Crippen molar-refractivity contribution < 1.29 is 18.3 Å². The van der Waals surface area contributed by atoms with Gasteiger partial charge in [-0.3, -0.25) is 4.79 Å². The minimum atomic E-state index is -0.427. The van der Waals surface area contributed by atoms with Crippen LogP contribution in [0.5, 0.6) is 5.75 Å². The maximum atomic E-state index is 13.9. The van der Waals surface area contributed by atoms with Crippen LogP contribution in [-0.4, -0.2) is 34.4 Å². The number of aryl methyl sites for hydroxylation is 1. The number of hydrogen-bond donors (Lipinski definition) is 1. The molecule has 5 nitrogen and oxygen atoms in total. The van der Waals surface area contributed by atoms with Crippen molar-refractivity contribution in [2.75, 3.05) is 13.7 Å². The van der Waals surface area contributed by atoms with Crippen molar-refractivity contribution in [2.45, 2.75) is 38.1 Å². The van der Waals surface area contributed by atoms with Gasteiger partial charge in [-0.25, -0.2) is 13.8 Å². The normalized spacial score (nSPS) is 16.4. The van der Waals surface area contributed by atoms with Gasteiger partial charge in [0, 0.05) is 18.5 Å². The van der Waals surface area contributed by atoms with Gasteiger partial charge in [0.1, 0.15) is 11.6 Å². The second-order valence-corrected chi connectivity index (χ2v) is 7.76. The molecule has 1 N–H and O–H groups in total. The van der Waals surface area contributed by atoms with Gasteiger partial charge in [0.2, 0.25) is 5.91 Å². The van der Waals surface area contributed by atoms with Crippen LogP contribution in [0.4, 0.5) is 8.78 Å². The Bertz CT molecular complexity index is 1070. The topological polar surface area (TPSA) is 58.2 Å². The number of piperidine rings is 1. The van der Waals surface area contributed by atoms with Crippen molar-refractivity contribution in [3.63, 3.8) is 0 Å². The molecule has 1 atom stereocenters. The molecule has 1 unspecified atom stereocenters. The van der Waals surface area contributed by atoms with Crippen LogP contribution in [0.25, 0.3) is 11.3 Å². The first-order chi connectivity index (χ1) is 15.0. The van der Waals surface area contributed by atoms with E-state index in [-0.39, 0.29) is 23.5 Å². The molecule has 0 aliphatic carbocycles. The minimum absolute atomic E-state index is 0.0182. The number of H-pyrrole nitrogens is 1. The summed E-state index contributed by atoms with van der Waals surface area (Å²) in [5.74, 6) is 0.187. The number of nitrogens with zero attached hydrogens (tertiary/aromatic N) is 2. The lowest BCUT2D eigenvalue weighted by molar-refractivity contribution is -0.135. The first kappa shape index (κ1) is 21.0. The fraction of sp³-hybridized carbons (Fsp3) is 0.333. The fourth-order valence-corrected chi connectivity index (χ4v) is 4.08. The maximum Gasteiger partial charge on any atom is 0.223 e. The zero-order valence-corrected chi connectivity index (χ0v) is 17.4. The van der Waals surface area contributed by atoms with Crippen LogP contribution in [-0.2, 0) is 11.2 Å². The number of benzene rings is 2. The molecule has 1 fully saturated rings. The van der Waals surface area contributed by atoms with Crippen LogP contribution in [0.2, 0.25) is 0 Å². The Labute approximate surface area is 180 Å². The van der Waals surface area contributed by atoms with Crippen molar-refractivity contribution in [3.8, 4) is 17.0 Å². The quantitative estimate of drug-likeness (QED) is 0.601. The molecule has 1 aliphatic rings. The summed E-state index contributed by atoms with van der Waals surface area (Å²) in [5.41, 5.74) is 2.20. The lowest BCUT2D eigenvalue weighted by Crippen LogP contribution is -2.39. The molecule has 0 radical (unpaired) electrons. The Hall–Kier alpha value is -3.22. The zero-order chi connectivity index (χ0) is 21.8. The monoisotopic (exact) mass is 425 g/mol. The lowest BCUT2D eigenvalue weighted by atomic mass is 10.00. The average Bonchev–Trinajstić information content (AvgIpc) is 3.28. The van der Waals surface area contributed by atoms with Crippen molar-refractivity contribution in [3.05, 3.63) is 71.7 Å². The summed E-state index contributed by atoms with van der Waals surface area (Å²) in [6.45, 7) is 0.663. The highest BCUT2D eigenvalue weighted by molar-refractivity contribution is 5.77. The summed E-state index contributed by atoms with van der Waals surface area (Å²) < 4.78 is 32.4. The Morgan fingerprint density at radius 1 is 1.23 bits per heavy atom. The predicted molar refractivity (Wildman–Crippen MR) is 114 cm³/mol. The summed E-state index contributed by atoms with van der Waals surface area (Å²) >= 11 is 0. The molecule has 0 spiro atoms. The van der Waals surface area contributed by atoms with Gasteiger partial charge in [-0.1, -0.05) is 18.2 Å². The maximum absolute atomic E-state index is 13.9. The van der Waals surface area contributed by atoms with Crippen molar-refractivity contribution in [1.29, 1.82) is 0 Å². The number of nitrogens with one attached hydrogen (secondary N) is 1. The third-order valence-corrected chi connectivity index (χ3v) is 5.71. The van der Waals surface area contributed by atoms with Gasteiger partial charge in [0.15, 0.2) is 11.6 Å².